The maximum Gasteiger partial charge on any atom is 0.122 e. The standard InChI is InChI=1S/C14H16N2O/c1-10-5-3-4-6-14(10)16-12-7-11(15)8-13(9-12)17-2/h3-9,16H,15H2,1-2H3. The molecule has 2 rings (SSSR count). The van der Waals surface area contributed by atoms with Crippen LogP contribution in [-0.2, 0) is 0 Å². The highest BCUT2D eigenvalue weighted by molar-refractivity contribution is 5.68. The summed E-state index contributed by atoms with van der Waals surface area (Å²) in [4.78, 5) is 0. The van der Waals surface area contributed by atoms with Crippen molar-refractivity contribution in [2.75, 3.05) is 18.2 Å². The Hall–Kier alpha value is -2.16. The number of methoxy groups -OCH3 is 1. The predicted octanol–water partition coefficient (Wildman–Crippen LogP) is 3.33. The van der Waals surface area contributed by atoms with Crippen LogP contribution in [0, 0.1) is 6.92 Å². The molecule has 0 amide bonds. The van der Waals surface area contributed by atoms with Gasteiger partial charge in [0.1, 0.15) is 5.75 Å². The molecule has 0 heterocycles. The van der Waals surface area contributed by atoms with E-state index in [1.807, 2.05) is 30.3 Å². The van der Waals surface area contributed by atoms with Gasteiger partial charge >= 0.3 is 0 Å². The zero-order chi connectivity index (χ0) is 12.3. The van der Waals surface area contributed by atoms with Gasteiger partial charge in [-0.15, -0.1) is 0 Å². The van der Waals surface area contributed by atoms with Crippen LogP contribution in [0.25, 0.3) is 0 Å². The lowest BCUT2D eigenvalue weighted by Crippen LogP contribution is -1.95. The summed E-state index contributed by atoms with van der Waals surface area (Å²) in [6, 6.07) is 13.7. The first-order valence-electron chi connectivity index (χ1n) is 5.46. The van der Waals surface area contributed by atoms with Crippen molar-refractivity contribution in [3.05, 3.63) is 48.0 Å². The third-order valence-corrected chi connectivity index (χ3v) is 2.59. The fourth-order valence-electron chi connectivity index (χ4n) is 1.68. The molecule has 0 bridgehead atoms. The van der Waals surface area contributed by atoms with E-state index in [9.17, 15) is 0 Å². The fraction of sp³-hybridized carbons (Fsp3) is 0.143. The summed E-state index contributed by atoms with van der Waals surface area (Å²) >= 11 is 0. The molecule has 3 nitrogen and oxygen atoms in total. The molecular weight excluding hydrogens is 212 g/mol. The van der Waals surface area contributed by atoms with Crippen LogP contribution in [0.1, 0.15) is 5.56 Å². The Kier molecular flexibility index (Phi) is 3.19. The van der Waals surface area contributed by atoms with E-state index in [0.29, 0.717) is 5.69 Å². The third kappa shape index (κ3) is 2.69. The summed E-state index contributed by atoms with van der Waals surface area (Å²) in [7, 11) is 1.63. The highest BCUT2D eigenvalue weighted by Gasteiger charge is 2.01. The van der Waals surface area contributed by atoms with E-state index in [1.54, 1.807) is 13.2 Å². The van der Waals surface area contributed by atoms with Gasteiger partial charge in [-0.25, -0.2) is 0 Å². The van der Waals surface area contributed by atoms with Gasteiger partial charge in [-0.05, 0) is 24.6 Å². The normalized spacial score (nSPS) is 10.0. The first-order valence-corrected chi connectivity index (χ1v) is 5.46. The topological polar surface area (TPSA) is 47.3 Å². The molecule has 0 unspecified atom stereocenters. The van der Waals surface area contributed by atoms with Gasteiger partial charge in [0.2, 0.25) is 0 Å². The molecule has 3 N–H and O–H groups in total. The molecule has 0 aliphatic carbocycles. The Morgan fingerprint density at radius 2 is 1.88 bits per heavy atom. The number of benzene rings is 2. The van der Waals surface area contributed by atoms with Crippen LogP contribution in [0.15, 0.2) is 42.5 Å². The SMILES string of the molecule is COc1cc(N)cc(Nc2ccccc2C)c1. The largest absolute Gasteiger partial charge is 0.497 e. The van der Waals surface area contributed by atoms with E-state index in [4.69, 9.17) is 10.5 Å². The summed E-state index contributed by atoms with van der Waals surface area (Å²) in [5, 5.41) is 3.33. The quantitative estimate of drug-likeness (QED) is 0.792. The van der Waals surface area contributed by atoms with Gasteiger partial charge in [-0.2, -0.15) is 0 Å². The molecular formula is C14H16N2O. The second-order valence-corrected chi connectivity index (χ2v) is 3.93. The van der Waals surface area contributed by atoms with Crippen molar-refractivity contribution in [1.29, 1.82) is 0 Å². The minimum atomic E-state index is 0.681. The van der Waals surface area contributed by atoms with Gasteiger partial charge in [-0.1, -0.05) is 18.2 Å². The van der Waals surface area contributed by atoms with E-state index in [-0.39, 0.29) is 0 Å². The van der Waals surface area contributed by atoms with Crippen LogP contribution < -0.4 is 15.8 Å². The average molecular weight is 228 g/mol. The number of aryl methyl sites for hydroxylation is 1. The Morgan fingerprint density at radius 3 is 2.59 bits per heavy atom. The molecule has 17 heavy (non-hydrogen) atoms. The smallest absolute Gasteiger partial charge is 0.122 e. The molecule has 2 aromatic carbocycles. The van der Waals surface area contributed by atoms with Gasteiger partial charge in [0, 0.05) is 29.2 Å². The maximum atomic E-state index is 5.81. The molecule has 0 saturated heterocycles. The maximum absolute atomic E-state index is 5.81. The third-order valence-electron chi connectivity index (χ3n) is 2.59. The lowest BCUT2D eigenvalue weighted by Gasteiger charge is -2.11. The number of rotatable bonds is 3. The van der Waals surface area contributed by atoms with E-state index in [0.717, 1.165) is 17.1 Å². The molecule has 0 aliphatic heterocycles. The molecule has 0 spiro atoms. The monoisotopic (exact) mass is 228 g/mol. The molecule has 0 aliphatic rings. The average Bonchev–Trinajstić information content (AvgIpc) is 2.31. The number of nitrogens with two attached hydrogens (primary N) is 1. The van der Waals surface area contributed by atoms with E-state index < -0.39 is 0 Å². The lowest BCUT2D eigenvalue weighted by atomic mass is 10.2. The zero-order valence-electron chi connectivity index (χ0n) is 10.0. The van der Waals surface area contributed by atoms with E-state index in [1.165, 1.54) is 5.56 Å². The molecule has 0 saturated carbocycles. The second-order valence-electron chi connectivity index (χ2n) is 3.93. The highest BCUT2D eigenvalue weighted by atomic mass is 16.5. The summed E-state index contributed by atoms with van der Waals surface area (Å²) in [5.74, 6) is 0.751. The molecule has 0 aromatic heterocycles. The van der Waals surface area contributed by atoms with Crippen molar-refractivity contribution < 1.29 is 4.74 Å². The molecule has 0 atom stereocenters. The van der Waals surface area contributed by atoms with Crippen LogP contribution in [0.3, 0.4) is 0 Å². The van der Waals surface area contributed by atoms with Crippen molar-refractivity contribution in [3.8, 4) is 5.75 Å². The van der Waals surface area contributed by atoms with Crippen molar-refractivity contribution in [2.45, 2.75) is 6.92 Å². The van der Waals surface area contributed by atoms with Crippen LogP contribution in [0.4, 0.5) is 17.1 Å². The number of hydrogen-bond acceptors (Lipinski definition) is 3. The number of ether oxygens (including phenoxy) is 1. The van der Waals surface area contributed by atoms with E-state index >= 15 is 0 Å². The number of para-hydroxylation sites is 1. The number of nitrogen functional groups attached to an aromatic ring is 1. The van der Waals surface area contributed by atoms with Crippen LogP contribution in [0.2, 0.25) is 0 Å². The van der Waals surface area contributed by atoms with Gasteiger partial charge < -0.3 is 15.8 Å². The zero-order valence-corrected chi connectivity index (χ0v) is 10.0. The number of anilines is 3. The summed E-state index contributed by atoms with van der Waals surface area (Å²) in [6.45, 7) is 2.06. The molecule has 88 valence electrons. The Balaban J connectivity index is 2.30. The van der Waals surface area contributed by atoms with E-state index in [2.05, 4.69) is 18.3 Å². The van der Waals surface area contributed by atoms with Crippen LogP contribution in [0.5, 0.6) is 5.75 Å². The Morgan fingerprint density at radius 1 is 1.12 bits per heavy atom. The Labute approximate surface area is 101 Å². The molecule has 3 heteroatoms. The first-order chi connectivity index (χ1) is 8.19. The van der Waals surface area contributed by atoms with Gasteiger partial charge in [0.05, 0.1) is 7.11 Å². The summed E-state index contributed by atoms with van der Waals surface area (Å²) in [6.07, 6.45) is 0. The van der Waals surface area contributed by atoms with Crippen LogP contribution in [-0.4, -0.2) is 7.11 Å². The fourth-order valence-corrected chi connectivity index (χ4v) is 1.68. The van der Waals surface area contributed by atoms with Gasteiger partial charge in [0.25, 0.3) is 0 Å². The second kappa shape index (κ2) is 4.78. The van der Waals surface area contributed by atoms with Crippen molar-refractivity contribution in [2.24, 2.45) is 0 Å². The minimum absolute atomic E-state index is 0.681. The summed E-state index contributed by atoms with van der Waals surface area (Å²) in [5.41, 5.74) is 9.67. The Bertz CT molecular complexity index is 523. The number of nitrogens with one attached hydrogen (secondary N) is 1. The van der Waals surface area contributed by atoms with Crippen molar-refractivity contribution in [3.63, 3.8) is 0 Å². The first kappa shape index (κ1) is 11.3. The van der Waals surface area contributed by atoms with Crippen LogP contribution >= 0.6 is 0 Å². The highest BCUT2D eigenvalue weighted by Crippen LogP contribution is 2.26. The molecule has 0 radical (unpaired) electrons. The predicted molar refractivity (Wildman–Crippen MR) is 71.9 cm³/mol. The summed E-state index contributed by atoms with van der Waals surface area (Å²) < 4.78 is 5.18. The van der Waals surface area contributed by atoms with Gasteiger partial charge in [-0.3, -0.25) is 0 Å². The molecule has 2 aromatic rings. The lowest BCUT2D eigenvalue weighted by molar-refractivity contribution is 0.415. The van der Waals surface area contributed by atoms with Gasteiger partial charge in [0.15, 0.2) is 0 Å². The minimum Gasteiger partial charge on any atom is -0.497 e. The van der Waals surface area contributed by atoms with Crippen molar-refractivity contribution in [1.82, 2.24) is 0 Å². The van der Waals surface area contributed by atoms with Crippen molar-refractivity contribution >= 4 is 17.1 Å². The number of hydrogen-bond donors (Lipinski definition) is 2. The molecule has 0 fully saturated rings.